The summed E-state index contributed by atoms with van der Waals surface area (Å²) in [4.78, 5) is 17.2. The monoisotopic (exact) mass is 449 g/mol. The van der Waals surface area contributed by atoms with Gasteiger partial charge in [0.25, 0.3) is 0 Å². The number of fused-ring (bicyclic) bond motifs is 1. The van der Waals surface area contributed by atoms with Crippen LogP contribution in [0.15, 0.2) is 42.6 Å². The van der Waals surface area contributed by atoms with Crippen molar-refractivity contribution >= 4 is 39.2 Å². The lowest BCUT2D eigenvalue weighted by atomic mass is 9.86. The van der Waals surface area contributed by atoms with Crippen LogP contribution >= 0.6 is 11.6 Å². The van der Waals surface area contributed by atoms with Gasteiger partial charge in [-0.1, -0.05) is 17.7 Å². The van der Waals surface area contributed by atoms with Crippen molar-refractivity contribution in [2.45, 2.75) is 26.7 Å². The Bertz CT molecular complexity index is 1390. The van der Waals surface area contributed by atoms with Gasteiger partial charge in [0, 0.05) is 29.0 Å². The summed E-state index contributed by atoms with van der Waals surface area (Å²) in [6.07, 6.45) is 2.66. The SMILES string of the molecule is CCOC(=O)Cc1c(C)cc2c(F)c(Cl)ccc2c1-c1ccc2c3c(ccnc13)CCO2. The quantitative estimate of drug-likeness (QED) is 0.348. The number of rotatable bonds is 4. The number of esters is 1. The topological polar surface area (TPSA) is 48.4 Å². The van der Waals surface area contributed by atoms with Crippen molar-refractivity contribution in [3.8, 4) is 16.9 Å². The normalized spacial score (nSPS) is 12.8. The molecular formula is C26H21ClFNO3. The van der Waals surface area contributed by atoms with E-state index in [1.54, 1.807) is 31.3 Å². The van der Waals surface area contributed by atoms with Gasteiger partial charge < -0.3 is 9.47 Å². The van der Waals surface area contributed by atoms with Crippen LogP contribution in [0.5, 0.6) is 5.75 Å². The highest BCUT2D eigenvalue weighted by atomic mass is 35.5. The zero-order valence-corrected chi connectivity index (χ0v) is 18.6. The average molecular weight is 450 g/mol. The molecule has 6 heteroatoms. The number of hydrogen-bond donors (Lipinski definition) is 0. The van der Waals surface area contributed by atoms with E-state index in [4.69, 9.17) is 21.1 Å². The van der Waals surface area contributed by atoms with E-state index in [1.807, 2.05) is 25.1 Å². The zero-order valence-electron chi connectivity index (χ0n) is 17.8. The number of halogens is 2. The average Bonchev–Trinajstić information content (AvgIpc) is 2.79. The van der Waals surface area contributed by atoms with Crippen LogP contribution in [-0.2, 0) is 22.4 Å². The highest BCUT2D eigenvalue weighted by molar-refractivity contribution is 6.31. The molecule has 4 nitrogen and oxygen atoms in total. The molecule has 3 aromatic carbocycles. The lowest BCUT2D eigenvalue weighted by Gasteiger charge is -2.22. The molecule has 0 saturated carbocycles. The van der Waals surface area contributed by atoms with Gasteiger partial charge in [0.05, 0.1) is 30.2 Å². The molecule has 2 heterocycles. The maximum absolute atomic E-state index is 15.0. The summed E-state index contributed by atoms with van der Waals surface area (Å²) < 4.78 is 26.1. The van der Waals surface area contributed by atoms with Crippen LogP contribution in [0.25, 0.3) is 32.8 Å². The maximum Gasteiger partial charge on any atom is 0.310 e. The molecule has 4 aromatic rings. The Hall–Kier alpha value is -3.18. The van der Waals surface area contributed by atoms with E-state index in [-0.39, 0.29) is 17.4 Å². The van der Waals surface area contributed by atoms with Crippen molar-refractivity contribution in [1.82, 2.24) is 4.98 Å². The summed E-state index contributed by atoms with van der Waals surface area (Å²) in [5, 5.41) is 2.11. The molecule has 0 saturated heterocycles. The second-order valence-corrected chi connectivity index (χ2v) is 8.30. The molecule has 0 aliphatic carbocycles. The largest absolute Gasteiger partial charge is 0.493 e. The standard InChI is InChI=1S/C26H21ClFNO3/c1-3-31-22(30)13-18-14(2)12-19-16(4-6-20(27)25(19)28)24(18)17-5-7-21-23-15(9-11-32-21)8-10-29-26(17)23/h4-8,10,12H,3,9,11,13H2,1-2H3. The Morgan fingerprint density at radius 1 is 1.22 bits per heavy atom. The molecule has 0 amide bonds. The minimum absolute atomic E-state index is 0.0596. The zero-order chi connectivity index (χ0) is 22.4. The van der Waals surface area contributed by atoms with Gasteiger partial charge in [0.2, 0.25) is 0 Å². The third-order valence-electron chi connectivity index (χ3n) is 6.01. The first kappa shape index (κ1) is 20.7. The van der Waals surface area contributed by atoms with E-state index in [0.717, 1.165) is 50.9 Å². The second kappa shape index (κ2) is 8.06. The van der Waals surface area contributed by atoms with Gasteiger partial charge in [-0.2, -0.15) is 0 Å². The summed E-state index contributed by atoms with van der Waals surface area (Å²) >= 11 is 6.09. The van der Waals surface area contributed by atoms with Gasteiger partial charge >= 0.3 is 5.97 Å². The van der Waals surface area contributed by atoms with Crippen molar-refractivity contribution in [1.29, 1.82) is 0 Å². The number of pyridine rings is 1. The van der Waals surface area contributed by atoms with Gasteiger partial charge in [0.15, 0.2) is 0 Å². The Balaban J connectivity index is 1.88. The minimum Gasteiger partial charge on any atom is -0.493 e. The summed E-state index contributed by atoms with van der Waals surface area (Å²) in [5.41, 5.74) is 5.11. The van der Waals surface area contributed by atoms with E-state index < -0.39 is 5.82 Å². The predicted molar refractivity (Wildman–Crippen MR) is 124 cm³/mol. The highest BCUT2D eigenvalue weighted by Gasteiger charge is 2.23. The van der Waals surface area contributed by atoms with E-state index in [9.17, 15) is 4.79 Å². The number of hydrogen-bond acceptors (Lipinski definition) is 4. The van der Waals surface area contributed by atoms with Crippen molar-refractivity contribution < 1.29 is 18.7 Å². The molecular weight excluding hydrogens is 429 g/mol. The molecule has 0 bridgehead atoms. The molecule has 0 unspecified atom stereocenters. The number of carbonyl (C=O) groups excluding carboxylic acids is 1. The smallest absolute Gasteiger partial charge is 0.310 e. The van der Waals surface area contributed by atoms with Crippen LogP contribution in [0.1, 0.15) is 23.6 Å². The number of benzene rings is 3. The van der Waals surface area contributed by atoms with Crippen molar-refractivity contribution in [3.05, 3.63) is 70.1 Å². The Labute approximate surface area is 189 Å². The summed E-state index contributed by atoms with van der Waals surface area (Å²) in [5.74, 6) is -0.0175. The lowest BCUT2D eigenvalue weighted by Crippen LogP contribution is -2.11. The Morgan fingerprint density at radius 3 is 2.88 bits per heavy atom. The van der Waals surface area contributed by atoms with Gasteiger partial charge in [-0.3, -0.25) is 9.78 Å². The third kappa shape index (κ3) is 3.28. The van der Waals surface area contributed by atoms with Crippen LogP contribution < -0.4 is 4.74 Å². The van der Waals surface area contributed by atoms with E-state index in [2.05, 4.69) is 4.98 Å². The highest BCUT2D eigenvalue weighted by Crippen LogP contribution is 2.43. The summed E-state index contributed by atoms with van der Waals surface area (Å²) in [6, 6.07) is 11.0. The molecule has 0 fully saturated rings. The van der Waals surface area contributed by atoms with Crippen molar-refractivity contribution in [3.63, 3.8) is 0 Å². The summed E-state index contributed by atoms with van der Waals surface area (Å²) in [7, 11) is 0. The molecule has 1 aromatic heterocycles. The number of nitrogens with zero attached hydrogens (tertiary/aromatic N) is 1. The van der Waals surface area contributed by atoms with Gasteiger partial charge in [0.1, 0.15) is 11.6 Å². The van der Waals surface area contributed by atoms with E-state index >= 15 is 4.39 Å². The fourth-order valence-electron chi connectivity index (χ4n) is 4.58. The van der Waals surface area contributed by atoms with Crippen LogP contribution in [0.4, 0.5) is 4.39 Å². The van der Waals surface area contributed by atoms with Gasteiger partial charge in [-0.15, -0.1) is 0 Å². The predicted octanol–water partition coefficient (Wildman–Crippen LogP) is 6.20. The maximum atomic E-state index is 15.0. The first-order valence-corrected chi connectivity index (χ1v) is 11.0. The Morgan fingerprint density at radius 2 is 2.06 bits per heavy atom. The van der Waals surface area contributed by atoms with Crippen LogP contribution in [0, 0.1) is 12.7 Å². The molecule has 0 atom stereocenters. The lowest BCUT2D eigenvalue weighted by molar-refractivity contribution is -0.142. The first-order chi connectivity index (χ1) is 15.5. The molecule has 1 aliphatic rings. The Kier molecular flexibility index (Phi) is 5.22. The molecule has 0 radical (unpaired) electrons. The van der Waals surface area contributed by atoms with Gasteiger partial charge in [-0.25, -0.2) is 4.39 Å². The number of aromatic nitrogens is 1. The molecule has 5 rings (SSSR count). The number of aryl methyl sites for hydroxylation is 1. The van der Waals surface area contributed by atoms with Crippen molar-refractivity contribution in [2.24, 2.45) is 0 Å². The second-order valence-electron chi connectivity index (χ2n) is 7.89. The fourth-order valence-corrected chi connectivity index (χ4v) is 4.75. The fraction of sp³-hybridized carbons (Fsp3) is 0.231. The van der Waals surface area contributed by atoms with Crippen LogP contribution in [0.2, 0.25) is 5.02 Å². The molecule has 162 valence electrons. The molecule has 0 spiro atoms. The van der Waals surface area contributed by atoms with E-state index in [1.165, 1.54) is 0 Å². The molecule has 1 aliphatic heterocycles. The number of carbonyl (C=O) groups is 1. The summed E-state index contributed by atoms with van der Waals surface area (Å²) in [6.45, 7) is 4.57. The number of ether oxygens (including phenoxy) is 2. The molecule has 32 heavy (non-hydrogen) atoms. The van der Waals surface area contributed by atoms with Crippen LogP contribution in [0.3, 0.4) is 0 Å². The molecule has 0 N–H and O–H groups in total. The van der Waals surface area contributed by atoms with E-state index in [0.29, 0.717) is 24.0 Å². The van der Waals surface area contributed by atoms with Crippen LogP contribution in [-0.4, -0.2) is 24.2 Å². The minimum atomic E-state index is -0.477. The van der Waals surface area contributed by atoms with Gasteiger partial charge in [-0.05, 0) is 71.8 Å². The third-order valence-corrected chi connectivity index (χ3v) is 6.30. The van der Waals surface area contributed by atoms with Crippen molar-refractivity contribution in [2.75, 3.05) is 13.2 Å². The first-order valence-electron chi connectivity index (χ1n) is 10.6.